The van der Waals surface area contributed by atoms with Crippen LogP contribution in [0.25, 0.3) is 10.1 Å². The van der Waals surface area contributed by atoms with Gasteiger partial charge < -0.3 is 9.80 Å². The van der Waals surface area contributed by atoms with Crippen LogP contribution < -0.4 is 0 Å². The summed E-state index contributed by atoms with van der Waals surface area (Å²) >= 11 is 1.36. The van der Waals surface area contributed by atoms with Crippen LogP contribution in [0.5, 0.6) is 0 Å². The van der Waals surface area contributed by atoms with Crippen LogP contribution >= 0.6 is 11.5 Å². The van der Waals surface area contributed by atoms with Gasteiger partial charge in [-0.1, -0.05) is 48.9 Å². The summed E-state index contributed by atoms with van der Waals surface area (Å²) in [7, 11) is 0. The van der Waals surface area contributed by atoms with E-state index < -0.39 is 0 Å². The Morgan fingerprint density at radius 2 is 1.72 bits per heavy atom. The number of aryl methyl sites for hydroxylation is 1. The van der Waals surface area contributed by atoms with Crippen LogP contribution in [0, 0.1) is 6.92 Å². The van der Waals surface area contributed by atoms with E-state index in [0.29, 0.717) is 31.9 Å². The minimum absolute atomic E-state index is 0.0379. The lowest BCUT2D eigenvalue weighted by Crippen LogP contribution is -2.51. The first kappa shape index (κ1) is 19.6. The zero-order valence-electron chi connectivity index (χ0n) is 16.8. The molecule has 0 spiro atoms. The molecule has 1 aromatic heterocycles. The summed E-state index contributed by atoms with van der Waals surface area (Å²) in [4.78, 5) is 29.8. The van der Waals surface area contributed by atoms with Gasteiger partial charge in [-0.25, -0.2) is 0 Å². The molecule has 1 atom stereocenters. The van der Waals surface area contributed by atoms with E-state index >= 15 is 0 Å². The van der Waals surface area contributed by atoms with Gasteiger partial charge in [-0.15, -0.1) is 0 Å². The molecule has 2 amide bonds. The van der Waals surface area contributed by atoms with Crippen molar-refractivity contribution in [3.05, 3.63) is 65.4 Å². The number of nitrogens with zero attached hydrogens (tertiary/aromatic N) is 3. The van der Waals surface area contributed by atoms with Crippen molar-refractivity contribution in [3.8, 4) is 0 Å². The van der Waals surface area contributed by atoms with E-state index in [4.69, 9.17) is 0 Å². The summed E-state index contributed by atoms with van der Waals surface area (Å²) < 4.78 is 5.45. The van der Waals surface area contributed by atoms with Crippen LogP contribution in [-0.2, 0) is 4.79 Å². The van der Waals surface area contributed by atoms with Gasteiger partial charge >= 0.3 is 0 Å². The fourth-order valence-electron chi connectivity index (χ4n) is 3.95. The van der Waals surface area contributed by atoms with E-state index in [1.807, 2.05) is 72.2 Å². The third kappa shape index (κ3) is 3.90. The highest BCUT2D eigenvalue weighted by Crippen LogP contribution is 2.26. The van der Waals surface area contributed by atoms with Crippen LogP contribution in [0.4, 0.5) is 0 Å². The minimum Gasteiger partial charge on any atom is -0.339 e. The van der Waals surface area contributed by atoms with Crippen LogP contribution in [0.15, 0.2) is 48.5 Å². The summed E-state index contributed by atoms with van der Waals surface area (Å²) in [5.74, 6) is -0.00603. The van der Waals surface area contributed by atoms with E-state index in [2.05, 4.69) is 4.37 Å². The lowest BCUT2D eigenvalue weighted by molar-refractivity contribution is -0.134. The highest BCUT2D eigenvalue weighted by molar-refractivity contribution is 7.13. The monoisotopic (exact) mass is 407 g/mol. The average Bonchev–Trinajstić information content (AvgIpc) is 3.17. The second kappa shape index (κ2) is 8.33. The first-order valence-corrected chi connectivity index (χ1v) is 10.8. The van der Waals surface area contributed by atoms with Gasteiger partial charge in [-0.2, -0.15) is 4.37 Å². The topological polar surface area (TPSA) is 53.5 Å². The third-order valence-corrected chi connectivity index (χ3v) is 6.44. The van der Waals surface area contributed by atoms with Gasteiger partial charge in [0.25, 0.3) is 5.91 Å². The van der Waals surface area contributed by atoms with Crippen molar-refractivity contribution < 1.29 is 9.59 Å². The first-order valence-electron chi connectivity index (χ1n) is 10.1. The van der Waals surface area contributed by atoms with Crippen molar-refractivity contribution >= 4 is 33.4 Å². The van der Waals surface area contributed by atoms with Crippen LogP contribution in [0.2, 0.25) is 0 Å². The molecule has 0 unspecified atom stereocenters. The van der Waals surface area contributed by atoms with Gasteiger partial charge in [0, 0.05) is 31.6 Å². The molecule has 0 radical (unpaired) electrons. The predicted octanol–water partition coefficient (Wildman–Crippen LogP) is 4.08. The quantitative estimate of drug-likeness (QED) is 0.655. The number of piperazine rings is 1. The Morgan fingerprint density at radius 3 is 2.41 bits per heavy atom. The van der Waals surface area contributed by atoms with E-state index in [0.717, 1.165) is 27.6 Å². The van der Waals surface area contributed by atoms with Gasteiger partial charge in [0.05, 0.1) is 10.6 Å². The molecule has 1 aliphatic rings. The SMILES string of the molecule is CC[C@H](C(=O)N1CCN(C(=O)c2nsc3ccc(C)cc23)CC1)c1ccccc1. The standard InChI is InChI=1S/C23H25N3O2S/c1-3-18(17-7-5-4-6-8-17)22(27)25-11-13-26(14-12-25)23(28)21-19-15-16(2)9-10-20(19)29-24-21/h4-10,15,18H,3,11-14H2,1-2H3/t18-/m0/s1. The molecule has 4 rings (SSSR count). The maximum absolute atomic E-state index is 13.1. The summed E-state index contributed by atoms with van der Waals surface area (Å²) in [5, 5.41) is 0.925. The largest absolute Gasteiger partial charge is 0.339 e. The molecule has 150 valence electrons. The molecule has 6 heteroatoms. The second-order valence-electron chi connectivity index (χ2n) is 7.52. The van der Waals surface area contributed by atoms with Crippen LogP contribution in [0.1, 0.15) is 40.9 Å². The number of rotatable bonds is 4. The Kier molecular flexibility index (Phi) is 5.62. The van der Waals surface area contributed by atoms with E-state index in [1.54, 1.807) is 0 Å². The van der Waals surface area contributed by atoms with Crippen LogP contribution in [0.3, 0.4) is 0 Å². The molecule has 3 aromatic rings. The molecule has 0 bridgehead atoms. The summed E-state index contributed by atoms with van der Waals surface area (Å²) in [6.07, 6.45) is 0.770. The molecule has 1 saturated heterocycles. The van der Waals surface area contributed by atoms with Crippen molar-refractivity contribution in [3.63, 3.8) is 0 Å². The maximum atomic E-state index is 13.1. The molecule has 1 fully saturated rings. The van der Waals surface area contributed by atoms with Crippen molar-refractivity contribution in [2.45, 2.75) is 26.2 Å². The van der Waals surface area contributed by atoms with E-state index in [9.17, 15) is 9.59 Å². The van der Waals surface area contributed by atoms with Gasteiger partial charge in [-0.05, 0) is 42.6 Å². The number of hydrogen-bond donors (Lipinski definition) is 0. The highest BCUT2D eigenvalue weighted by Gasteiger charge is 2.30. The normalized spacial score (nSPS) is 15.5. The predicted molar refractivity (Wildman–Crippen MR) is 116 cm³/mol. The van der Waals surface area contributed by atoms with E-state index in [-0.39, 0.29) is 17.7 Å². The number of amides is 2. The first-order chi connectivity index (χ1) is 14.1. The fraction of sp³-hybridized carbons (Fsp3) is 0.348. The van der Waals surface area contributed by atoms with Crippen molar-refractivity contribution in [2.75, 3.05) is 26.2 Å². The minimum atomic E-state index is -0.121. The Bertz CT molecular complexity index is 1020. The average molecular weight is 408 g/mol. The Morgan fingerprint density at radius 1 is 1.03 bits per heavy atom. The van der Waals surface area contributed by atoms with Gasteiger partial charge in [0.2, 0.25) is 5.91 Å². The van der Waals surface area contributed by atoms with E-state index in [1.165, 1.54) is 11.5 Å². The molecule has 0 saturated carbocycles. The third-order valence-electron chi connectivity index (χ3n) is 5.61. The van der Waals surface area contributed by atoms with Crippen molar-refractivity contribution in [2.24, 2.45) is 0 Å². The molecule has 2 aromatic carbocycles. The molecule has 0 aliphatic carbocycles. The zero-order chi connectivity index (χ0) is 20.4. The number of fused-ring (bicyclic) bond motifs is 1. The number of benzene rings is 2. The fourth-order valence-corrected chi connectivity index (χ4v) is 4.69. The zero-order valence-corrected chi connectivity index (χ0v) is 17.6. The molecular weight excluding hydrogens is 382 g/mol. The number of aromatic nitrogens is 1. The molecule has 0 N–H and O–H groups in total. The van der Waals surface area contributed by atoms with Gasteiger partial charge in [-0.3, -0.25) is 9.59 Å². The lowest BCUT2D eigenvalue weighted by atomic mass is 9.95. The van der Waals surface area contributed by atoms with Crippen molar-refractivity contribution in [1.29, 1.82) is 0 Å². The Labute approximate surface area is 175 Å². The molecule has 1 aliphatic heterocycles. The lowest BCUT2D eigenvalue weighted by Gasteiger charge is -2.36. The Balaban J connectivity index is 1.44. The summed E-state index contributed by atoms with van der Waals surface area (Å²) in [6, 6.07) is 16.0. The van der Waals surface area contributed by atoms with Crippen molar-refractivity contribution in [1.82, 2.24) is 14.2 Å². The van der Waals surface area contributed by atoms with Gasteiger partial charge in [0.1, 0.15) is 5.69 Å². The Hall–Kier alpha value is -2.73. The highest BCUT2D eigenvalue weighted by atomic mass is 32.1. The second-order valence-corrected chi connectivity index (χ2v) is 8.32. The number of carbonyl (C=O) groups is 2. The van der Waals surface area contributed by atoms with Crippen LogP contribution in [-0.4, -0.2) is 52.2 Å². The smallest absolute Gasteiger partial charge is 0.274 e. The number of hydrogen-bond acceptors (Lipinski definition) is 4. The maximum Gasteiger partial charge on any atom is 0.274 e. The molecule has 5 nitrogen and oxygen atoms in total. The number of carbonyl (C=O) groups excluding carboxylic acids is 2. The molecule has 2 heterocycles. The summed E-state index contributed by atoms with van der Waals surface area (Å²) in [5.41, 5.74) is 2.71. The summed E-state index contributed by atoms with van der Waals surface area (Å²) in [6.45, 7) is 6.28. The van der Waals surface area contributed by atoms with Gasteiger partial charge in [0.15, 0.2) is 0 Å². The molecule has 29 heavy (non-hydrogen) atoms. The molecular formula is C23H25N3O2S.